The summed E-state index contributed by atoms with van der Waals surface area (Å²) < 4.78 is 5.95. The van der Waals surface area contributed by atoms with Crippen LogP contribution in [0.4, 0.5) is 0 Å². The van der Waals surface area contributed by atoms with Gasteiger partial charge in [0.25, 0.3) is 0 Å². The molecule has 0 aliphatic heterocycles. The first-order valence-corrected chi connectivity index (χ1v) is 6.96. The van der Waals surface area contributed by atoms with Crippen molar-refractivity contribution in [2.75, 3.05) is 19.7 Å². The number of ether oxygens (including phenoxy) is 1. The number of rotatable bonds is 9. The second-order valence-corrected chi connectivity index (χ2v) is 4.93. The third-order valence-electron chi connectivity index (χ3n) is 2.93. The van der Waals surface area contributed by atoms with Gasteiger partial charge in [-0.3, -0.25) is 4.98 Å². The van der Waals surface area contributed by atoms with E-state index in [0.29, 0.717) is 12.0 Å². The first-order valence-electron chi connectivity index (χ1n) is 6.96. The molecule has 1 aromatic heterocycles. The normalized spacial score (nSPS) is 12.9. The maximum atomic E-state index is 5.95. The fourth-order valence-corrected chi connectivity index (χ4v) is 1.77. The van der Waals surface area contributed by atoms with E-state index in [4.69, 9.17) is 4.74 Å². The van der Waals surface area contributed by atoms with Crippen molar-refractivity contribution in [1.29, 1.82) is 0 Å². The minimum Gasteiger partial charge on any atom is -0.376 e. The van der Waals surface area contributed by atoms with Crippen LogP contribution >= 0.6 is 0 Å². The van der Waals surface area contributed by atoms with Gasteiger partial charge in [0.1, 0.15) is 0 Å². The fourth-order valence-electron chi connectivity index (χ4n) is 1.77. The van der Waals surface area contributed by atoms with Crippen LogP contribution in [0.3, 0.4) is 0 Å². The van der Waals surface area contributed by atoms with E-state index in [0.717, 1.165) is 31.8 Å². The molecule has 0 aliphatic carbocycles. The highest BCUT2D eigenvalue weighted by molar-refractivity contribution is 5.03. The van der Waals surface area contributed by atoms with Crippen LogP contribution < -0.4 is 5.32 Å². The standard InChI is InChI=1S/C15H26N2O/c1-4-9-16-12-15(13(2)3)18-11-8-14-7-5-6-10-17-14/h5-7,10,13,15-16H,4,8-9,11-12H2,1-3H3. The zero-order chi connectivity index (χ0) is 13.2. The number of hydrogen-bond donors (Lipinski definition) is 1. The number of nitrogens with one attached hydrogen (secondary N) is 1. The van der Waals surface area contributed by atoms with E-state index >= 15 is 0 Å². The minimum atomic E-state index is 0.292. The topological polar surface area (TPSA) is 34.1 Å². The van der Waals surface area contributed by atoms with Gasteiger partial charge in [0.05, 0.1) is 12.7 Å². The smallest absolute Gasteiger partial charge is 0.0722 e. The van der Waals surface area contributed by atoms with Crippen LogP contribution in [0.5, 0.6) is 0 Å². The SMILES string of the molecule is CCCNCC(OCCc1ccccn1)C(C)C. The van der Waals surface area contributed by atoms with E-state index in [-0.39, 0.29) is 0 Å². The molecule has 1 heterocycles. The Balaban J connectivity index is 2.25. The molecule has 0 amide bonds. The van der Waals surface area contributed by atoms with Gasteiger partial charge in [-0.1, -0.05) is 26.8 Å². The number of pyridine rings is 1. The molecule has 0 spiro atoms. The van der Waals surface area contributed by atoms with Gasteiger partial charge in [-0.25, -0.2) is 0 Å². The fraction of sp³-hybridized carbons (Fsp3) is 0.667. The van der Waals surface area contributed by atoms with Crippen molar-refractivity contribution in [3.8, 4) is 0 Å². The maximum Gasteiger partial charge on any atom is 0.0722 e. The lowest BCUT2D eigenvalue weighted by molar-refractivity contribution is 0.0245. The number of hydrogen-bond acceptors (Lipinski definition) is 3. The van der Waals surface area contributed by atoms with Gasteiger partial charge >= 0.3 is 0 Å². The molecule has 18 heavy (non-hydrogen) atoms. The lowest BCUT2D eigenvalue weighted by atomic mass is 10.1. The molecule has 1 atom stereocenters. The summed E-state index contributed by atoms with van der Waals surface area (Å²) in [5, 5.41) is 3.42. The lowest BCUT2D eigenvalue weighted by Crippen LogP contribution is -2.34. The summed E-state index contributed by atoms with van der Waals surface area (Å²) in [4.78, 5) is 4.30. The summed E-state index contributed by atoms with van der Waals surface area (Å²) in [7, 11) is 0. The highest BCUT2D eigenvalue weighted by Crippen LogP contribution is 2.06. The molecule has 3 nitrogen and oxygen atoms in total. The summed E-state index contributed by atoms with van der Waals surface area (Å²) >= 11 is 0. The predicted molar refractivity (Wildman–Crippen MR) is 75.7 cm³/mol. The molecule has 1 N–H and O–H groups in total. The van der Waals surface area contributed by atoms with Crippen LogP contribution in [0.25, 0.3) is 0 Å². The highest BCUT2D eigenvalue weighted by Gasteiger charge is 2.13. The van der Waals surface area contributed by atoms with Crippen molar-refractivity contribution in [3.05, 3.63) is 30.1 Å². The second-order valence-electron chi connectivity index (χ2n) is 4.93. The van der Waals surface area contributed by atoms with Gasteiger partial charge in [-0.2, -0.15) is 0 Å². The second kappa shape index (κ2) is 9.06. The van der Waals surface area contributed by atoms with Crippen LogP contribution in [0, 0.1) is 5.92 Å². The number of nitrogens with zero attached hydrogens (tertiary/aromatic N) is 1. The van der Waals surface area contributed by atoms with E-state index in [1.165, 1.54) is 6.42 Å². The summed E-state index contributed by atoms with van der Waals surface area (Å²) in [5.41, 5.74) is 1.10. The quantitative estimate of drug-likeness (QED) is 0.684. The average molecular weight is 250 g/mol. The molecule has 0 radical (unpaired) electrons. The van der Waals surface area contributed by atoms with Crippen LogP contribution in [-0.4, -0.2) is 30.8 Å². The molecule has 1 aromatic rings. The Kier molecular flexibility index (Phi) is 7.62. The number of aromatic nitrogens is 1. The van der Waals surface area contributed by atoms with E-state index in [1.54, 1.807) is 0 Å². The molecule has 0 fully saturated rings. The van der Waals surface area contributed by atoms with Gasteiger partial charge in [-0.15, -0.1) is 0 Å². The lowest BCUT2D eigenvalue weighted by Gasteiger charge is -2.22. The Labute approximate surface area is 111 Å². The zero-order valence-corrected chi connectivity index (χ0v) is 11.9. The van der Waals surface area contributed by atoms with Gasteiger partial charge in [0, 0.05) is 24.9 Å². The van der Waals surface area contributed by atoms with Crippen molar-refractivity contribution >= 4 is 0 Å². The van der Waals surface area contributed by atoms with Crippen molar-refractivity contribution in [2.45, 2.75) is 39.7 Å². The largest absolute Gasteiger partial charge is 0.376 e. The molecule has 3 heteroatoms. The first kappa shape index (κ1) is 15.1. The zero-order valence-electron chi connectivity index (χ0n) is 11.9. The van der Waals surface area contributed by atoms with Crippen LogP contribution in [0.1, 0.15) is 32.9 Å². The summed E-state index contributed by atoms with van der Waals surface area (Å²) in [6.07, 6.45) is 4.18. The average Bonchev–Trinajstić information content (AvgIpc) is 2.38. The third-order valence-corrected chi connectivity index (χ3v) is 2.93. The Morgan fingerprint density at radius 1 is 1.33 bits per heavy atom. The molecule has 0 aromatic carbocycles. The van der Waals surface area contributed by atoms with Gasteiger partial charge < -0.3 is 10.1 Å². The Bertz CT molecular complexity index is 301. The van der Waals surface area contributed by atoms with E-state index in [9.17, 15) is 0 Å². The predicted octanol–water partition coefficient (Wildman–Crippen LogP) is 2.66. The van der Waals surface area contributed by atoms with E-state index < -0.39 is 0 Å². The summed E-state index contributed by atoms with van der Waals surface area (Å²) in [6, 6.07) is 6.00. The Hall–Kier alpha value is -0.930. The van der Waals surface area contributed by atoms with Crippen molar-refractivity contribution in [3.63, 3.8) is 0 Å². The van der Waals surface area contributed by atoms with Crippen molar-refractivity contribution in [2.24, 2.45) is 5.92 Å². The summed E-state index contributed by atoms with van der Waals surface area (Å²) in [6.45, 7) is 9.34. The van der Waals surface area contributed by atoms with E-state index in [2.05, 4.69) is 31.1 Å². The van der Waals surface area contributed by atoms with Crippen molar-refractivity contribution in [1.82, 2.24) is 10.3 Å². The Morgan fingerprint density at radius 3 is 2.78 bits per heavy atom. The molecule has 1 unspecified atom stereocenters. The van der Waals surface area contributed by atoms with Crippen molar-refractivity contribution < 1.29 is 4.74 Å². The van der Waals surface area contributed by atoms with Gasteiger partial charge in [0.2, 0.25) is 0 Å². The Morgan fingerprint density at radius 2 is 2.17 bits per heavy atom. The molecule has 0 saturated carbocycles. The van der Waals surface area contributed by atoms with Gasteiger partial charge in [0.15, 0.2) is 0 Å². The first-order chi connectivity index (χ1) is 8.74. The molecule has 0 saturated heterocycles. The maximum absolute atomic E-state index is 5.95. The molecular weight excluding hydrogens is 224 g/mol. The monoisotopic (exact) mass is 250 g/mol. The molecule has 0 bridgehead atoms. The van der Waals surface area contributed by atoms with Crippen LogP contribution in [0.2, 0.25) is 0 Å². The molecule has 0 aliphatic rings. The third kappa shape index (κ3) is 6.12. The highest BCUT2D eigenvalue weighted by atomic mass is 16.5. The van der Waals surface area contributed by atoms with Crippen LogP contribution in [-0.2, 0) is 11.2 Å². The summed E-state index contributed by atoms with van der Waals surface area (Å²) in [5.74, 6) is 0.540. The molecular formula is C15H26N2O. The van der Waals surface area contributed by atoms with Crippen LogP contribution in [0.15, 0.2) is 24.4 Å². The van der Waals surface area contributed by atoms with E-state index in [1.807, 2.05) is 24.4 Å². The van der Waals surface area contributed by atoms with Gasteiger partial charge in [-0.05, 0) is 31.0 Å². The minimum absolute atomic E-state index is 0.292. The molecule has 1 rings (SSSR count). The molecule has 102 valence electrons.